The van der Waals surface area contributed by atoms with Gasteiger partial charge in [0, 0.05) is 5.38 Å². The third kappa shape index (κ3) is 4.24. The fourth-order valence-corrected chi connectivity index (χ4v) is 2.51. The molecule has 0 fully saturated rings. The van der Waals surface area contributed by atoms with Gasteiger partial charge in [-0.15, -0.1) is 0 Å². The zero-order valence-electron chi connectivity index (χ0n) is 11.5. The molecule has 0 unspecified atom stereocenters. The Morgan fingerprint density at radius 1 is 1.11 bits per heavy atom. The first-order chi connectivity index (χ1) is 9.29. The molecule has 0 aliphatic heterocycles. The molecule has 1 aromatic carbocycles. The number of aryl methyl sites for hydroxylation is 2. The van der Waals surface area contributed by atoms with E-state index in [1.54, 1.807) is 11.3 Å². The van der Waals surface area contributed by atoms with Crippen molar-refractivity contribution in [3.8, 4) is 0 Å². The highest BCUT2D eigenvalue weighted by Crippen LogP contribution is 2.19. The van der Waals surface area contributed by atoms with Gasteiger partial charge in [-0.3, -0.25) is 0 Å². The van der Waals surface area contributed by atoms with E-state index in [0.717, 1.165) is 17.2 Å². The molecular formula is C15H20N3S+. The number of hydrogen-bond acceptors (Lipinski definition) is 3. The van der Waals surface area contributed by atoms with E-state index in [0.29, 0.717) is 0 Å². The lowest BCUT2D eigenvalue weighted by Crippen LogP contribution is -2.23. The Kier molecular flexibility index (Phi) is 5.21. The van der Waals surface area contributed by atoms with Gasteiger partial charge in [0.2, 0.25) is 0 Å². The molecule has 0 aliphatic rings. The van der Waals surface area contributed by atoms with E-state index in [2.05, 4.69) is 29.3 Å². The van der Waals surface area contributed by atoms with Gasteiger partial charge in [-0.25, -0.2) is 4.57 Å². The van der Waals surface area contributed by atoms with E-state index < -0.39 is 0 Å². The van der Waals surface area contributed by atoms with E-state index in [4.69, 9.17) is 0 Å². The highest BCUT2D eigenvalue weighted by Gasteiger charge is 2.06. The standard InChI is InChI=1S/C15H20N3S/c1-3-4-5-6-13-7-9-14(10-8-13)16-17-15-18(2)11-12-19-15/h7-12H,3-6H2,1-2H3/q+1. The molecule has 0 amide bonds. The SMILES string of the molecule is CCCCCc1ccc(N=Nc2scc[n+]2C)cc1. The van der Waals surface area contributed by atoms with Gasteiger partial charge in [-0.1, -0.05) is 31.9 Å². The van der Waals surface area contributed by atoms with Crippen LogP contribution in [0.15, 0.2) is 46.1 Å². The first-order valence-electron chi connectivity index (χ1n) is 6.73. The zero-order valence-corrected chi connectivity index (χ0v) is 12.4. The van der Waals surface area contributed by atoms with Crippen molar-refractivity contribution in [3.63, 3.8) is 0 Å². The van der Waals surface area contributed by atoms with Crippen LogP contribution in [0.1, 0.15) is 31.7 Å². The number of thiazole rings is 1. The molecule has 2 rings (SSSR count). The molecule has 1 heterocycles. The van der Waals surface area contributed by atoms with E-state index in [9.17, 15) is 0 Å². The van der Waals surface area contributed by atoms with Crippen LogP contribution in [0.4, 0.5) is 10.8 Å². The van der Waals surface area contributed by atoms with Gasteiger partial charge in [0.05, 0.1) is 12.2 Å². The second-order valence-electron chi connectivity index (χ2n) is 4.62. The molecule has 0 aliphatic carbocycles. The molecule has 2 aromatic rings. The van der Waals surface area contributed by atoms with Crippen LogP contribution in [-0.4, -0.2) is 0 Å². The van der Waals surface area contributed by atoms with Crippen LogP contribution in [0.5, 0.6) is 0 Å². The normalized spacial score (nSPS) is 11.3. The average Bonchev–Trinajstić information content (AvgIpc) is 2.84. The second kappa shape index (κ2) is 7.14. The summed E-state index contributed by atoms with van der Waals surface area (Å²) in [5.41, 5.74) is 2.29. The number of benzene rings is 1. The van der Waals surface area contributed by atoms with Gasteiger partial charge in [-0.05, 0) is 47.0 Å². The topological polar surface area (TPSA) is 28.6 Å². The van der Waals surface area contributed by atoms with Crippen LogP contribution in [-0.2, 0) is 13.5 Å². The molecule has 0 saturated heterocycles. The lowest BCUT2D eigenvalue weighted by molar-refractivity contribution is -0.654. The van der Waals surface area contributed by atoms with Gasteiger partial charge >= 0.3 is 5.13 Å². The van der Waals surface area contributed by atoms with E-state index in [1.165, 1.54) is 24.8 Å². The minimum absolute atomic E-state index is 0.909. The smallest absolute Gasteiger partial charge is 0.222 e. The summed E-state index contributed by atoms with van der Waals surface area (Å²) in [5, 5.41) is 11.4. The average molecular weight is 274 g/mol. The molecule has 19 heavy (non-hydrogen) atoms. The van der Waals surface area contributed by atoms with E-state index in [-0.39, 0.29) is 0 Å². The summed E-state index contributed by atoms with van der Waals surface area (Å²) in [6.45, 7) is 2.23. The fourth-order valence-electron chi connectivity index (χ4n) is 1.83. The summed E-state index contributed by atoms with van der Waals surface area (Å²) in [6, 6.07) is 8.38. The Bertz CT molecular complexity index is 529. The largest absolute Gasteiger partial charge is 0.408 e. The monoisotopic (exact) mass is 274 g/mol. The van der Waals surface area contributed by atoms with E-state index >= 15 is 0 Å². The molecule has 4 heteroatoms. The predicted molar refractivity (Wildman–Crippen MR) is 79.3 cm³/mol. The van der Waals surface area contributed by atoms with Crippen LogP contribution in [0, 0.1) is 0 Å². The minimum atomic E-state index is 0.909. The molecule has 0 N–H and O–H groups in total. The minimum Gasteiger partial charge on any atom is -0.222 e. The molecule has 0 saturated carbocycles. The van der Waals surface area contributed by atoms with Gasteiger partial charge in [0.1, 0.15) is 11.9 Å². The van der Waals surface area contributed by atoms with Crippen LogP contribution in [0.3, 0.4) is 0 Å². The molecule has 0 atom stereocenters. The second-order valence-corrected chi connectivity index (χ2v) is 5.49. The van der Waals surface area contributed by atoms with Crippen molar-refractivity contribution in [2.75, 3.05) is 0 Å². The summed E-state index contributed by atoms with van der Waals surface area (Å²) in [5.74, 6) is 0. The predicted octanol–water partition coefficient (Wildman–Crippen LogP) is 4.72. The van der Waals surface area contributed by atoms with Crippen molar-refractivity contribution in [2.45, 2.75) is 32.6 Å². The van der Waals surface area contributed by atoms with Crippen molar-refractivity contribution in [1.82, 2.24) is 0 Å². The molecule has 0 radical (unpaired) electrons. The van der Waals surface area contributed by atoms with Crippen molar-refractivity contribution in [3.05, 3.63) is 41.4 Å². The summed E-state index contributed by atoms with van der Waals surface area (Å²) < 4.78 is 1.97. The number of unbranched alkanes of at least 4 members (excludes halogenated alkanes) is 2. The molecule has 0 bridgehead atoms. The van der Waals surface area contributed by atoms with Crippen molar-refractivity contribution >= 4 is 22.2 Å². The van der Waals surface area contributed by atoms with Gasteiger partial charge in [0.25, 0.3) is 0 Å². The molecule has 1 aromatic heterocycles. The zero-order chi connectivity index (χ0) is 13.5. The highest BCUT2D eigenvalue weighted by atomic mass is 32.1. The van der Waals surface area contributed by atoms with Crippen LogP contribution >= 0.6 is 11.3 Å². The van der Waals surface area contributed by atoms with Crippen LogP contribution in [0.25, 0.3) is 0 Å². The summed E-state index contributed by atoms with van der Waals surface area (Å²) in [7, 11) is 1.97. The maximum atomic E-state index is 4.26. The van der Waals surface area contributed by atoms with E-state index in [1.807, 2.05) is 35.3 Å². The van der Waals surface area contributed by atoms with Gasteiger partial charge < -0.3 is 0 Å². The van der Waals surface area contributed by atoms with Crippen molar-refractivity contribution in [1.29, 1.82) is 0 Å². The first kappa shape index (κ1) is 13.9. The highest BCUT2D eigenvalue weighted by molar-refractivity contribution is 7.12. The Hall–Kier alpha value is -1.55. The third-order valence-electron chi connectivity index (χ3n) is 3.02. The Labute approximate surface area is 118 Å². The number of aromatic nitrogens is 1. The Balaban J connectivity index is 1.95. The number of hydrogen-bond donors (Lipinski definition) is 0. The Morgan fingerprint density at radius 3 is 2.53 bits per heavy atom. The molecule has 3 nitrogen and oxygen atoms in total. The summed E-state index contributed by atoms with van der Waals surface area (Å²) in [4.78, 5) is 0. The molecular weight excluding hydrogens is 254 g/mol. The van der Waals surface area contributed by atoms with Crippen molar-refractivity contribution in [2.24, 2.45) is 17.3 Å². The number of nitrogens with zero attached hydrogens (tertiary/aromatic N) is 3. The van der Waals surface area contributed by atoms with Gasteiger partial charge in [0.15, 0.2) is 0 Å². The summed E-state index contributed by atoms with van der Waals surface area (Å²) in [6.07, 6.45) is 6.98. The maximum Gasteiger partial charge on any atom is 0.408 e. The molecule has 100 valence electrons. The lowest BCUT2D eigenvalue weighted by Gasteiger charge is -1.99. The van der Waals surface area contributed by atoms with Crippen LogP contribution in [0.2, 0.25) is 0 Å². The number of azo groups is 1. The lowest BCUT2D eigenvalue weighted by atomic mass is 10.1. The maximum absolute atomic E-state index is 4.26. The third-order valence-corrected chi connectivity index (χ3v) is 3.85. The molecule has 0 spiro atoms. The van der Waals surface area contributed by atoms with Gasteiger partial charge in [-0.2, -0.15) is 0 Å². The summed E-state index contributed by atoms with van der Waals surface area (Å²) >= 11 is 1.59. The Morgan fingerprint density at radius 2 is 1.89 bits per heavy atom. The fraction of sp³-hybridized carbons (Fsp3) is 0.400. The number of rotatable bonds is 6. The quantitative estimate of drug-likeness (QED) is 0.414. The van der Waals surface area contributed by atoms with Crippen molar-refractivity contribution < 1.29 is 4.57 Å². The first-order valence-corrected chi connectivity index (χ1v) is 7.61. The van der Waals surface area contributed by atoms with Crippen LogP contribution < -0.4 is 4.57 Å².